The number of anilines is 1. The van der Waals surface area contributed by atoms with Gasteiger partial charge in [0.2, 0.25) is 5.82 Å². The smallest absolute Gasteiger partial charge is 0.372 e. The van der Waals surface area contributed by atoms with Crippen LogP contribution in [-0.4, -0.2) is 26.8 Å². The average molecular weight is 482 g/mol. The predicted octanol–water partition coefficient (Wildman–Crippen LogP) is 5.71. The standard InChI is InChI=1S/C15H6ClF10N5/c1-27-11-7-9(14(21,22)23)28-12(15(24,25)26)29-10(7)30-31(11)8-5(16)2-4(3-6(8)17)13(18,19)20/h2-3,27H,1H3. The van der Waals surface area contributed by atoms with Gasteiger partial charge in [0, 0.05) is 7.05 Å². The molecule has 0 radical (unpaired) electrons. The summed E-state index contributed by atoms with van der Waals surface area (Å²) >= 11 is 5.70. The van der Waals surface area contributed by atoms with Gasteiger partial charge in [-0.3, -0.25) is 0 Å². The Morgan fingerprint density at radius 2 is 1.52 bits per heavy atom. The minimum Gasteiger partial charge on any atom is -0.372 e. The molecule has 0 aliphatic carbocycles. The van der Waals surface area contributed by atoms with Crippen molar-refractivity contribution in [3.05, 3.63) is 40.1 Å². The molecule has 0 fully saturated rings. The second-order valence-electron chi connectivity index (χ2n) is 5.89. The van der Waals surface area contributed by atoms with Crippen molar-refractivity contribution in [1.82, 2.24) is 19.7 Å². The third kappa shape index (κ3) is 4.05. The lowest BCUT2D eigenvalue weighted by molar-refractivity contribution is -0.151. The monoisotopic (exact) mass is 481 g/mol. The van der Waals surface area contributed by atoms with Crippen LogP contribution in [0.3, 0.4) is 0 Å². The van der Waals surface area contributed by atoms with Gasteiger partial charge in [-0.2, -0.15) is 39.5 Å². The molecule has 3 aromatic rings. The van der Waals surface area contributed by atoms with Crippen LogP contribution >= 0.6 is 11.6 Å². The van der Waals surface area contributed by atoms with Crippen molar-refractivity contribution >= 4 is 28.5 Å². The van der Waals surface area contributed by atoms with E-state index in [-0.39, 0.29) is 16.8 Å². The first-order valence-corrected chi connectivity index (χ1v) is 8.13. The number of hydrogen-bond donors (Lipinski definition) is 1. The zero-order chi connectivity index (χ0) is 23.5. The van der Waals surface area contributed by atoms with Gasteiger partial charge >= 0.3 is 18.5 Å². The predicted molar refractivity (Wildman–Crippen MR) is 86.2 cm³/mol. The van der Waals surface area contributed by atoms with Crippen molar-refractivity contribution in [1.29, 1.82) is 0 Å². The third-order valence-electron chi connectivity index (χ3n) is 3.85. The first-order valence-electron chi connectivity index (χ1n) is 7.75. The van der Waals surface area contributed by atoms with Gasteiger partial charge in [-0.25, -0.2) is 19.0 Å². The lowest BCUT2D eigenvalue weighted by Gasteiger charge is -2.14. The normalized spacial score (nSPS) is 13.2. The average Bonchev–Trinajstić information content (AvgIpc) is 2.95. The molecular formula is C15H6ClF10N5. The highest BCUT2D eigenvalue weighted by atomic mass is 35.5. The molecule has 0 aliphatic rings. The van der Waals surface area contributed by atoms with E-state index in [2.05, 4.69) is 20.4 Å². The Balaban J connectivity index is 2.41. The van der Waals surface area contributed by atoms with Crippen LogP contribution in [0.5, 0.6) is 0 Å². The second kappa shape index (κ2) is 7.10. The molecule has 0 aliphatic heterocycles. The van der Waals surface area contributed by atoms with Crippen molar-refractivity contribution < 1.29 is 43.9 Å². The molecule has 0 atom stereocenters. The van der Waals surface area contributed by atoms with Crippen LogP contribution in [-0.2, 0) is 18.5 Å². The zero-order valence-electron chi connectivity index (χ0n) is 14.6. The molecule has 16 heteroatoms. The van der Waals surface area contributed by atoms with Crippen molar-refractivity contribution in [2.75, 3.05) is 12.4 Å². The molecule has 2 heterocycles. The fraction of sp³-hybridized carbons (Fsp3) is 0.267. The van der Waals surface area contributed by atoms with E-state index in [1.807, 2.05) is 0 Å². The Morgan fingerprint density at radius 1 is 0.903 bits per heavy atom. The van der Waals surface area contributed by atoms with Gasteiger partial charge in [0.05, 0.1) is 16.0 Å². The summed E-state index contributed by atoms with van der Waals surface area (Å²) in [5.74, 6) is -4.57. The lowest BCUT2D eigenvalue weighted by atomic mass is 10.2. The minimum atomic E-state index is -5.41. The van der Waals surface area contributed by atoms with E-state index >= 15 is 0 Å². The van der Waals surface area contributed by atoms with Crippen LogP contribution in [0, 0.1) is 5.82 Å². The molecule has 2 aromatic heterocycles. The molecule has 0 saturated carbocycles. The molecule has 0 unspecified atom stereocenters. The van der Waals surface area contributed by atoms with E-state index in [0.717, 1.165) is 7.05 Å². The summed E-state index contributed by atoms with van der Waals surface area (Å²) in [5.41, 5.74) is -5.63. The number of fused-ring (bicyclic) bond motifs is 1. The van der Waals surface area contributed by atoms with Gasteiger partial charge in [-0.15, -0.1) is 5.10 Å². The largest absolute Gasteiger partial charge is 0.451 e. The summed E-state index contributed by atoms with van der Waals surface area (Å²) in [6.45, 7) is 0. The number of alkyl halides is 9. The summed E-state index contributed by atoms with van der Waals surface area (Å²) in [6.07, 6.45) is -15.8. The van der Waals surface area contributed by atoms with Gasteiger partial charge in [0.25, 0.3) is 0 Å². The van der Waals surface area contributed by atoms with E-state index in [0.29, 0.717) is 0 Å². The molecule has 3 rings (SSSR count). The highest BCUT2D eigenvalue weighted by Crippen LogP contribution is 2.41. The number of aromatic nitrogens is 4. The second-order valence-corrected chi connectivity index (χ2v) is 6.29. The number of nitrogens with zero attached hydrogens (tertiary/aromatic N) is 4. The number of benzene rings is 1. The number of nitrogens with one attached hydrogen (secondary N) is 1. The highest BCUT2D eigenvalue weighted by Gasteiger charge is 2.43. The van der Waals surface area contributed by atoms with Crippen LogP contribution in [0.1, 0.15) is 17.1 Å². The maximum absolute atomic E-state index is 14.5. The van der Waals surface area contributed by atoms with Gasteiger partial charge in [0.15, 0.2) is 17.2 Å². The van der Waals surface area contributed by atoms with E-state index in [4.69, 9.17) is 11.6 Å². The number of rotatable bonds is 2. The fourth-order valence-electron chi connectivity index (χ4n) is 2.65. The third-order valence-corrected chi connectivity index (χ3v) is 4.14. The van der Waals surface area contributed by atoms with E-state index in [1.165, 1.54) is 0 Å². The summed E-state index contributed by atoms with van der Waals surface area (Å²) in [4.78, 5) is 5.46. The van der Waals surface area contributed by atoms with Gasteiger partial charge in [0.1, 0.15) is 11.5 Å². The molecular weight excluding hydrogens is 476 g/mol. The summed E-state index contributed by atoms with van der Waals surface area (Å²) in [6, 6.07) is 0.285. The summed E-state index contributed by atoms with van der Waals surface area (Å²) in [5, 5.41) is 3.60. The van der Waals surface area contributed by atoms with Crippen LogP contribution in [0.4, 0.5) is 49.7 Å². The lowest BCUT2D eigenvalue weighted by Crippen LogP contribution is -2.17. The van der Waals surface area contributed by atoms with Gasteiger partial charge in [-0.05, 0) is 12.1 Å². The van der Waals surface area contributed by atoms with Gasteiger partial charge < -0.3 is 5.32 Å². The quantitative estimate of drug-likeness (QED) is 0.477. The number of halogens is 11. The molecule has 1 aromatic carbocycles. The van der Waals surface area contributed by atoms with Crippen molar-refractivity contribution in [3.8, 4) is 5.69 Å². The molecule has 168 valence electrons. The molecule has 31 heavy (non-hydrogen) atoms. The maximum Gasteiger partial charge on any atom is 0.451 e. The zero-order valence-corrected chi connectivity index (χ0v) is 15.4. The maximum atomic E-state index is 14.5. The SMILES string of the molecule is CNc1c2c(C(F)(F)F)nc(C(F)(F)F)nc2nn1-c1c(F)cc(C(F)(F)F)cc1Cl. The Bertz CT molecular complexity index is 1140. The fourth-order valence-corrected chi connectivity index (χ4v) is 2.93. The minimum absolute atomic E-state index is 0.00446. The molecule has 0 saturated heterocycles. The first-order chi connectivity index (χ1) is 14.1. The van der Waals surface area contributed by atoms with Crippen molar-refractivity contribution in [3.63, 3.8) is 0 Å². The van der Waals surface area contributed by atoms with Crippen molar-refractivity contribution in [2.24, 2.45) is 0 Å². The Kier molecular flexibility index (Phi) is 5.23. The molecule has 0 bridgehead atoms. The number of hydrogen-bond acceptors (Lipinski definition) is 4. The van der Waals surface area contributed by atoms with Crippen LogP contribution in [0.25, 0.3) is 16.7 Å². The van der Waals surface area contributed by atoms with Crippen LogP contribution in [0.15, 0.2) is 12.1 Å². The van der Waals surface area contributed by atoms with E-state index in [9.17, 15) is 43.9 Å². The summed E-state index contributed by atoms with van der Waals surface area (Å²) < 4.78 is 132. The van der Waals surface area contributed by atoms with Crippen LogP contribution in [0.2, 0.25) is 5.02 Å². The van der Waals surface area contributed by atoms with E-state index < -0.39 is 69.0 Å². The van der Waals surface area contributed by atoms with Crippen molar-refractivity contribution in [2.45, 2.75) is 18.5 Å². The Labute approximate surface area is 169 Å². The topological polar surface area (TPSA) is 55.6 Å². The van der Waals surface area contributed by atoms with Crippen LogP contribution < -0.4 is 5.32 Å². The Morgan fingerprint density at radius 3 is 1.97 bits per heavy atom. The Hall–Kier alpha value is -2.84. The van der Waals surface area contributed by atoms with Gasteiger partial charge in [-0.1, -0.05) is 11.6 Å². The molecule has 5 nitrogen and oxygen atoms in total. The molecule has 0 spiro atoms. The molecule has 0 amide bonds. The highest BCUT2D eigenvalue weighted by molar-refractivity contribution is 6.32. The summed E-state index contributed by atoms with van der Waals surface area (Å²) in [7, 11) is 1.01. The van der Waals surface area contributed by atoms with E-state index in [1.54, 1.807) is 0 Å². The first kappa shape index (κ1) is 22.8. The molecule has 1 N–H and O–H groups in total.